The second-order valence-electron chi connectivity index (χ2n) is 3.14. The molecule has 2 heteroatoms. The van der Waals surface area contributed by atoms with E-state index in [9.17, 15) is 0 Å². The second kappa shape index (κ2) is 5.19. The van der Waals surface area contributed by atoms with Gasteiger partial charge in [-0.15, -0.1) is 0 Å². The van der Waals surface area contributed by atoms with Crippen molar-refractivity contribution in [3.63, 3.8) is 0 Å². The number of nitrogens with two attached hydrogens (primary N) is 1. The van der Waals surface area contributed by atoms with E-state index in [2.05, 4.69) is 5.32 Å². The van der Waals surface area contributed by atoms with Crippen LogP contribution in [0.1, 0.15) is 32.1 Å². The van der Waals surface area contributed by atoms with Crippen LogP contribution in [0, 0.1) is 0 Å². The van der Waals surface area contributed by atoms with Gasteiger partial charge in [-0.25, -0.2) is 0 Å². The SMILES string of the molecule is NCC=CNC1CCCCC1. The Morgan fingerprint density at radius 1 is 1.27 bits per heavy atom. The fourth-order valence-corrected chi connectivity index (χ4v) is 1.54. The maximum atomic E-state index is 5.32. The molecule has 0 saturated heterocycles. The molecule has 1 saturated carbocycles. The average Bonchev–Trinajstić information content (AvgIpc) is 2.07. The Hall–Kier alpha value is -0.500. The van der Waals surface area contributed by atoms with E-state index in [1.54, 1.807) is 0 Å². The van der Waals surface area contributed by atoms with Crippen LogP contribution in [0.2, 0.25) is 0 Å². The lowest BCUT2D eigenvalue weighted by atomic mass is 9.96. The van der Waals surface area contributed by atoms with E-state index in [-0.39, 0.29) is 0 Å². The molecule has 64 valence electrons. The largest absolute Gasteiger partial charge is 0.388 e. The molecule has 1 fully saturated rings. The van der Waals surface area contributed by atoms with Crippen molar-refractivity contribution in [1.82, 2.24) is 5.32 Å². The summed E-state index contributed by atoms with van der Waals surface area (Å²) in [5, 5.41) is 3.36. The van der Waals surface area contributed by atoms with Crippen LogP contribution in [-0.2, 0) is 0 Å². The molecule has 1 aliphatic carbocycles. The van der Waals surface area contributed by atoms with Crippen LogP contribution in [0.5, 0.6) is 0 Å². The molecule has 0 bridgehead atoms. The first kappa shape index (κ1) is 8.60. The molecule has 0 radical (unpaired) electrons. The predicted octanol–water partition coefficient (Wildman–Crippen LogP) is 1.38. The highest BCUT2D eigenvalue weighted by Crippen LogP contribution is 2.16. The molecule has 0 heterocycles. The summed E-state index contributed by atoms with van der Waals surface area (Å²) in [6, 6.07) is 0.714. The van der Waals surface area contributed by atoms with Crippen molar-refractivity contribution in [1.29, 1.82) is 0 Å². The standard InChI is InChI=1S/C9H18N2/c10-7-4-8-11-9-5-2-1-3-6-9/h4,8-9,11H,1-3,5-7,10H2. The first-order valence-electron chi connectivity index (χ1n) is 4.54. The van der Waals surface area contributed by atoms with Gasteiger partial charge in [0.15, 0.2) is 0 Å². The number of nitrogens with one attached hydrogen (secondary N) is 1. The summed E-state index contributed by atoms with van der Waals surface area (Å²) < 4.78 is 0. The van der Waals surface area contributed by atoms with Gasteiger partial charge in [-0.05, 0) is 19.0 Å². The molecule has 0 atom stereocenters. The van der Waals surface area contributed by atoms with E-state index in [4.69, 9.17) is 5.73 Å². The highest BCUT2D eigenvalue weighted by Gasteiger charge is 2.10. The first-order chi connectivity index (χ1) is 5.43. The first-order valence-corrected chi connectivity index (χ1v) is 4.54. The van der Waals surface area contributed by atoms with Gasteiger partial charge < -0.3 is 11.1 Å². The zero-order valence-corrected chi connectivity index (χ0v) is 7.05. The third kappa shape index (κ3) is 3.42. The third-order valence-electron chi connectivity index (χ3n) is 2.19. The summed E-state index contributed by atoms with van der Waals surface area (Å²) >= 11 is 0. The minimum absolute atomic E-state index is 0.639. The lowest BCUT2D eigenvalue weighted by Crippen LogP contribution is -2.26. The Bertz CT molecular complexity index is 115. The van der Waals surface area contributed by atoms with Gasteiger partial charge in [0.2, 0.25) is 0 Å². The van der Waals surface area contributed by atoms with Crippen LogP contribution in [0.3, 0.4) is 0 Å². The van der Waals surface area contributed by atoms with Gasteiger partial charge in [0.1, 0.15) is 0 Å². The van der Waals surface area contributed by atoms with Crippen molar-refractivity contribution >= 4 is 0 Å². The molecule has 1 rings (SSSR count). The van der Waals surface area contributed by atoms with E-state index < -0.39 is 0 Å². The van der Waals surface area contributed by atoms with Gasteiger partial charge in [-0.2, -0.15) is 0 Å². The van der Waals surface area contributed by atoms with Gasteiger partial charge in [0.05, 0.1) is 0 Å². The van der Waals surface area contributed by atoms with Crippen molar-refractivity contribution in [2.24, 2.45) is 5.73 Å². The van der Waals surface area contributed by atoms with E-state index in [0.29, 0.717) is 12.6 Å². The van der Waals surface area contributed by atoms with E-state index in [1.807, 2.05) is 12.3 Å². The lowest BCUT2D eigenvalue weighted by molar-refractivity contribution is 0.404. The van der Waals surface area contributed by atoms with E-state index in [0.717, 1.165) is 0 Å². The maximum Gasteiger partial charge on any atom is 0.0255 e. The van der Waals surface area contributed by atoms with E-state index in [1.165, 1.54) is 32.1 Å². The third-order valence-corrected chi connectivity index (χ3v) is 2.19. The van der Waals surface area contributed by atoms with Crippen molar-refractivity contribution in [3.05, 3.63) is 12.3 Å². The Labute approximate surface area is 68.9 Å². The summed E-state index contributed by atoms with van der Waals surface area (Å²) in [7, 11) is 0. The number of rotatable bonds is 3. The smallest absolute Gasteiger partial charge is 0.0255 e. The molecular weight excluding hydrogens is 136 g/mol. The quantitative estimate of drug-likeness (QED) is 0.644. The van der Waals surface area contributed by atoms with E-state index >= 15 is 0 Å². The minimum Gasteiger partial charge on any atom is -0.388 e. The normalized spacial score (nSPS) is 20.8. The monoisotopic (exact) mass is 154 g/mol. The topological polar surface area (TPSA) is 38.0 Å². The molecule has 2 nitrogen and oxygen atoms in total. The summed E-state index contributed by atoms with van der Waals surface area (Å²) in [5.41, 5.74) is 5.32. The lowest BCUT2D eigenvalue weighted by Gasteiger charge is -2.21. The number of hydrogen-bond donors (Lipinski definition) is 2. The molecule has 1 aliphatic rings. The zero-order valence-electron chi connectivity index (χ0n) is 7.05. The molecule has 0 amide bonds. The molecule has 11 heavy (non-hydrogen) atoms. The van der Waals surface area contributed by atoms with Crippen molar-refractivity contribution in [2.45, 2.75) is 38.1 Å². The molecule has 0 unspecified atom stereocenters. The van der Waals surface area contributed by atoms with Gasteiger partial charge in [-0.3, -0.25) is 0 Å². The molecule has 3 N–H and O–H groups in total. The van der Waals surface area contributed by atoms with Crippen LogP contribution in [0.25, 0.3) is 0 Å². The van der Waals surface area contributed by atoms with Crippen LogP contribution in [-0.4, -0.2) is 12.6 Å². The fraction of sp³-hybridized carbons (Fsp3) is 0.778. The van der Waals surface area contributed by atoms with Gasteiger partial charge in [0.25, 0.3) is 0 Å². The number of hydrogen-bond acceptors (Lipinski definition) is 2. The van der Waals surface area contributed by atoms with Crippen molar-refractivity contribution in [3.8, 4) is 0 Å². The molecule has 0 aromatic carbocycles. The second-order valence-corrected chi connectivity index (χ2v) is 3.14. The molecular formula is C9H18N2. The molecule has 0 aromatic rings. The van der Waals surface area contributed by atoms with Crippen LogP contribution >= 0.6 is 0 Å². The summed E-state index contributed by atoms with van der Waals surface area (Å²) in [6.45, 7) is 0.639. The van der Waals surface area contributed by atoms with Crippen LogP contribution in [0.15, 0.2) is 12.3 Å². The average molecular weight is 154 g/mol. The van der Waals surface area contributed by atoms with Gasteiger partial charge in [-0.1, -0.05) is 25.3 Å². The molecule has 0 aromatic heterocycles. The fourth-order valence-electron chi connectivity index (χ4n) is 1.54. The Kier molecular flexibility index (Phi) is 4.06. The van der Waals surface area contributed by atoms with Crippen LogP contribution in [0.4, 0.5) is 0 Å². The zero-order chi connectivity index (χ0) is 7.94. The summed E-state index contributed by atoms with van der Waals surface area (Å²) in [6.07, 6.45) is 10.8. The minimum atomic E-state index is 0.639. The summed E-state index contributed by atoms with van der Waals surface area (Å²) in [4.78, 5) is 0. The Morgan fingerprint density at radius 3 is 2.64 bits per heavy atom. The molecule has 0 aliphatic heterocycles. The van der Waals surface area contributed by atoms with Gasteiger partial charge in [0, 0.05) is 12.6 Å². The Morgan fingerprint density at radius 2 is 2.00 bits per heavy atom. The highest BCUT2D eigenvalue weighted by molar-refractivity contribution is 4.84. The van der Waals surface area contributed by atoms with Crippen LogP contribution < -0.4 is 11.1 Å². The van der Waals surface area contributed by atoms with Gasteiger partial charge >= 0.3 is 0 Å². The van der Waals surface area contributed by atoms with Crippen molar-refractivity contribution < 1.29 is 0 Å². The van der Waals surface area contributed by atoms with Crippen molar-refractivity contribution in [2.75, 3.05) is 6.54 Å². The molecule has 0 spiro atoms. The highest BCUT2D eigenvalue weighted by atomic mass is 14.9. The predicted molar refractivity (Wildman–Crippen MR) is 48.2 cm³/mol. The Balaban J connectivity index is 2.09. The maximum absolute atomic E-state index is 5.32. The summed E-state index contributed by atoms with van der Waals surface area (Å²) in [5.74, 6) is 0.